The highest BCUT2D eigenvalue weighted by Gasteiger charge is 2.17. The van der Waals surface area contributed by atoms with E-state index in [0.717, 1.165) is 11.8 Å². The van der Waals surface area contributed by atoms with Crippen LogP contribution in [-0.2, 0) is 0 Å². The van der Waals surface area contributed by atoms with Gasteiger partial charge in [-0.3, -0.25) is 14.9 Å². The topological polar surface area (TPSA) is 168 Å². The highest BCUT2D eigenvalue weighted by Crippen LogP contribution is 2.24. The van der Waals surface area contributed by atoms with Crippen LogP contribution in [0.5, 0.6) is 0 Å². The third kappa shape index (κ3) is 4.43. The standard InChI is InChI=1S/C17H12N6O5S/c18-8-12-7-11(16(25)26)3-6-14(12)22-17(19-20-21-22)29-9-15(24)10-1-4-13(5-2-10)23(27)28/h1-7,16,25-26H,9H2. The van der Waals surface area contributed by atoms with Crippen molar-refractivity contribution in [1.29, 1.82) is 5.26 Å². The molecular formula is C17H12N6O5S. The van der Waals surface area contributed by atoms with Crippen LogP contribution in [0.2, 0.25) is 0 Å². The normalized spacial score (nSPS) is 10.7. The van der Waals surface area contributed by atoms with Crippen LogP contribution < -0.4 is 0 Å². The first-order valence-corrected chi connectivity index (χ1v) is 8.98. The van der Waals surface area contributed by atoms with Crippen LogP contribution in [0.1, 0.15) is 27.8 Å². The molecule has 29 heavy (non-hydrogen) atoms. The number of hydrogen-bond acceptors (Lipinski definition) is 10. The number of ketones is 1. The zero-order valence-corrected chi connectivity index (χ0v) is 15.4. The molecule has 0 fully saturated rings. The van der Waals surface area contributed by atoms with Crippen molar-refractivity contribution in [1.82, 2.24) is 20.2 Å². The number of aliphatic hydroxyl groups is 2. The molecule has 146 valence electrons. The van der Waals surface area contributed by atoms with E-state index in [-0.39, 0.29) is 33.5 Å². The Morgan fingerprint density at radius 3 is 2.62 bits per heavy atom. The average molecular weight is 412 g/mol. The molecule has 0 saturated carbocycles. The number of carbonyl (C=O) groups excluding carboxylic acids is 1. The van der Waals surface area contributed by atoms with Crippen molar-refractivity contribution in [3.05, 3.63) is 69.3 Å². The van der Waals surface area contributed by atoms with Crippen LogP contribution in [0.3, 0.4) is 0 Å². The number of nitrogens with zero attached hydrogens (tertiary/aromatic N) is 6. The van der Waals surface area contributed by atoms with Gasteiger partial charge in [0.05, 0.1) is 21.9 Å². The van der Waals surface area contributed by atoms with Crippen molar-refractivity contribution in [2.45, 2.75) is 11.4 Å². The predicted molar refractivity (Wildman–Crippen MR) is 99.2 cm³/mol. The van der Waals surface area contributed by atoms with Gasteiger partial charge in [-0.25, -0.2) is 0 Å². The number of thioether (sulfide) groups is 1. The maximum absolute atomic E-state index is 12.3. The lowest BCUT2D eigenvalue weighted by atomic mass is 10.1. The third-order valence-electron chi connectivity index (χ3n) is 3.84. The zero-order chi connectivity index (χ0) is 21.0. The fourth-order valence-electron chi connectivity index (χ4n) is 2.39. The summed E-state index contributed by atoms with van der Waals surface area (Å²) in [4.78, 5) is 22.5. The van der Waals surface area contributed by atoms with Gasteiger partial charge in [-0.1, -0.05) is 17.8 Å². The van der Waals surface area contributed by atoms with Gasteiger partial charge in [0.1, 0.15) is 6.07 Å². The fraction of sp³-hybridized carbons (Fsp3) is 0.118. The van der Waals surface area contributed by atoms with E-state index in [4.69, 9.17) is 0 Å². The molecular weight excluding hydrogens is 400 g/mol. The first kappa shape index (κ1) is 20.1. The number of aromatic nitrogens is 4. The molecule has 0 aliphatic heterocycles. The number of rotatable bonds is 7. The molecule has 0 unspecified atom stereocenters. The van der Waals surface area contributed by atoms with Gasteiger partial charge in [-0.15, -0.1) is 5.10 Å². The Morgan fingerprint density at radius 2 is 2.00 bits per heavy atom. The van der Waals surface area contributed by atoms with Crippen molar-refractivity contribution < 1.29 is 19.9 Å². The highest BCUT2D eigenvalue weighted by molar-refractivity contribution is 7.99. The molecule has 0 saturated heterocycles. The number of Topliss-reactive ketones (excluding diaryl/α,β-unsaturated/α-hetero) is 1. The van der Waals surface area contributed by atoms with Gasteiger partial charge in [0.25, 0.3) is 5.69 Å². The minimum Gasteiger partial charge on any atom is -0.364 e. The summed E-state index contributed by atoms with van der Waals surface area (Å²) in [6.07, 6.45) is -1.72. The smallest absolute Gasteiger partial charge is 0.269 e. The summed E-state index contributed by atoms with van der Waals surface area (Å²) in [7, 11) is 0. The Balaban J connectivity index is 1.78. The van der Waals surface area contributed by atoms with Gasteiger partial charge in [0, 0.05) is 23.3 Å². The van der Waals surface area contributed by atoms with Gasteiger partial charge >= 0.3 is 0 Å². The van der Waals surface area contributed by atoms with Crippen molar-refractivity contribution in [2.75, 3.05) is 5.75 Å². The molecule has 2 aromatic carbocycles. The van der Waals surface area contributed by atoms with Crippen LogP contribution >= 0.6 is 11.8 Å². The quantitative estimate of drug-likeness (QED) is 0.190. The van der Waals surface area contributed by atoms with E-state index >= 15 is 0 Å². The van der Waals surface area contributed by atoms with Gasteiger partial charge < -0.3 is 10.2 Å². The molecule has 2 N–H and O–H groups in total. The molecule has 0 radical (unpaired) electrons. The lowest BCUT2D eigenvalue weighted by molar-refractivity contribution is -0.384. The largest absolute Gasteiger partial charge is 0.364 e. The van der Waals surface area contributed by atoms with Gasteiger partial charge in [-0.2, -0.15) is 9.94 Å². The van der Waals surface area contributed by atoms with E-state index < -0.39 is 11.2 Å². The number of nitriles is 1. The molecule has 0 aliphatic rings. The molecule has 3 rings (SSSR count). The molecule has 0 amide bonds. The van der Waals surface area contributed by atoms with Crippen molar-refractivity contribution in [2.24, 2.45) is 0 Å². The summed E-state index contributed by atoms with van der Waals surface area (Å²) < 4.78 is 1.26. The SMILES string of the molecule is N#Cc1cc(C(O)O)ccc1-n1nnnc1SCC(=O)c1ccc([N+](=O)[O-])cc1. The predicted octanol–water partition coefficient (Wildman–Crippen LogP) is 1.40. The van der Waals surface area contributed by atoms with E-state index in [9.17, 15) is 30.4 Å². The minimum atomic E-state index is -1.72. The van der Waals surface area contributed by atoms with Gasteiger partial charge in [0.2, 0.25) is 5.16 Å². The van der Waals surface area contributed by atoms with Gasteiger partial charge in [0.15, 0.2) is 12.1 Å². The Labute approximate surface area is 167 Å². The molecule has 12 heteroatoms. The Kier molecular flexibility index (Phi) is 5.93. The summed E-state index contributed by atoms with van der Waals surface area (Å²) >= 11 is 1.03. The lowest BCUT2D eigenvalue weighted by Gasteiger charge is -2.09. The Morgan fingerprint density at radius 1 is 1.28 bits per heavy atom. The maximum atomic E-state index is 12.3. The first-order chi connectivity index (χ1) is 13.9. The fourth-order valence-corrected chi connectivity index (χ4v) is 3.17. The van der Waals surface area contributed by atoms with Crippen molar-refractivity contribution in [3.63, 3.8) is 0 Å². The summed E-state index contributed by atoms with van der Waals surface area (Å²) in [6, 6.07) is 11.4. The third-order valence-corrected chi connectivity index (χ3v) is 4.76. The second-order valence-corrected chi connectivity index (χ2v) is 6.59. The first-order valence-electron chi connectivity index (χ1n) is 8.00. The van der Waals surface area contributed by atoms with E-state index in [1.807, 2.05) is 6.07 Å². The Hall–Kier alpha value is -3.66. The zero-order valence-electron chi connectivity index (χ0n) is 14.5. The number of non-ortho nitro benzene ring substituents is 1. The van der Waals surface area contributed by atoms with Gasteiger partial charge in [-0.05, 0) is 34.7 Å². The number of hydrogen-bond donors (Lipinski definition) is 2. The number of carbonyl (C=O) groups is 1. The molecule has 1 aromatic heterocycles. The van der Waals surface area contributed by atoms with E-state index in [1.165, 1.54) is 47.1 Å². The highest BCUT2D eigenvalue weighted by atomic mass is 32.2. The van der Waals surface area contributed by atoms with Crippen LogP contribution in [-0.4, -0.2) is 46.9 Å². The summed E-state index contributed by atoms with van der Waals surface area (Å²) in [5, 5.41) is 50.0. The van der Waals surface area contributed by atoms with E-state index in [0.29, 0.717) is 11.3 Å². The number of nitro benzene ring substituents is 1. The number of benzene rings is 2. The minimum absolute atomic E-state index is 0.0342. The number of aliphatic hydroxyl groups excluding tert-OH is 1. The summed E-state index contributed by atoms with van der Waals surface area (Å²) in [5.41, 5.74) is 0.763. The van der Waals surface area contributed by atoms with Crippen LogP contribution in [0.4, 0.5) is 5.69 Å². The molecule has 0 aliphatic carbocycles. The maximum Gasteiger partial charge on any atom is 0.269 e. The lowest BCUT2D eigenvalue weighted by Crippen LogP contribution is -2.07. The second-order valence-electron chi connectivity index (χ2n) is 5.65. The van der Waals surface area contributed by atoms with Crippen LogP contribution in [0.25, 0.3) is 5.69 Å². The number of tetrazole rings is 1. The van der Waals surface area contributed by atoms with Crippen LogP contribution in [0.15, 0.2) is 47.6 Å². The monoisotopic (exact) mass is 412 g/mol. The summed E-state index contributed by atoms with van der Waals surface area (Å²) in [5.74, 6) is -0.313. The molecule has 0 atom stereocenters. The average Bonchev–Trinajstić information content (AvgIpc) is 3.19. The van der Waals surface area contributed by atoms with E-state index in [1.54, 1.807) is 0 Å². The van der Waals surface area contributed by atoms with Crippen LogP contribution in [0, 0.1) is 21.4 Å². The molecule has 3 aromatic rings. The Bertz CT molecular complexity index is 1110. The van der Waals surface area contributed by atoms with Crippen molar-refractivity contribution in [3.8, 4) is 11.8 Å². The number of nitro groups is 1. The molecule has 11 nitrogen and oxygen atoms in total. The van der Waals surface area contributed by atoms with E-state index in [2.05, 4.69) is 15.5 Å². The molecule has 0 spiro atoms. The van der Waals surface area contributed by atoms with Crippen molar-refractivity contribution >= 4 is 23.2 Å². The second kappa shape index (κ2) is 8.57. The summed E-state index contributed by atoms with van der Waals surface area (Å²) in [6.45, 7) is 0. The molecule has 1 heterocycles. The molecule has 0 bridgehead atoms.